The van der Waals surface area contributed by atoms with E-state index in [2.05, 4.69) is 80.3 Å². The molecular weight excluding hydrogens is 350 g/mol. The molecule has 102 valence electrons. The van der Waals surface area contributed by atoms with Gasteiger partial charge >= 0.3 is 0 Å². The summed E-state index contributed by atoms with van der Waals surface area (Å²) in [7, 11) is 0. The highest BCUT2D eigenvalue weighted by molar-refractivity contribution is 9.10. The van der Waals surface area contributed by atoms with Gasteiger partial charge in [0.15, 0.2) is 0 Å². The Hall–Kier alpha value is -0.970. The predicted molar refractivity (Wildman–Crippen MR) is 93.8 cm³/mol. The molecule has 1 nitrogen and oxygen atoms in total. The van der Waals surface area contributed by atoms with Gasteiger partial charge in [-0.05, 0) is 47.4 Å². The Morgan fingerprint density at radius 3 is 2.70 bits per heavy atom. The minimum atomic E-state index is 0.942. The van der Waals surface area contributed by atoms with E-state index in [1.54, 1.807) is 11.3 Å². The third-order valence-corrected chi connectivity index (χ3v) is 5.50. The summed E-state index contributed by atoms with van der Waals surface area (Å²) >= 11 is 7.12. The van der Waals surface area contributed by atoms with E-state index in [9.17, 15) is 0 Å². The first kappa shape index (κ1) is 14.0. The predicted octanol–water partition coefficient (Wildman–Crippen LogP) is 5.56. The van der Waals surface area contributed by atoms with Crippen LogP contribution in [0.2, 0.25) is 0 Å². The number of anilines is 1. The van der Waals surface area contributed by atoms with E-state index in [4.69, 9.17) is 0 Å². The number of hydrogen-bond acceptors (Lipinski definition) is 3. The molecule has 0 amide bonds. The lowest BCUT2D eigenvalue weighted by molar-refractivity contribution is 1.06. The fraction of sp³-hybridized carbons (Fsp3) is 0.125. The molecule has 0 spiro atoms. The van der Waals surface area contributed by atoms with Gasteiger partial charge in [0.05, 0.1) is 0 Å². The molecule has 0 bridgehead atoms. The summed E-state index contributed by atoms with van der Waals surface area (Å²) in [5, 5.41) is 4.33. The van der Waals surface area contributed by atoms with Crippen LogP contribution in [0.1, 0.15) is 0 Å². The smallest absolute Gasteiger partial charge is 0.0412 e. The van der Waals surface area contributed by atoms with Crippen molar-refractivity contribution in [2.24, 2.45) is 0 Å². The third-order valence-electron chi connectivity index (χ3n) is 3.08. The largest absolute Gasteiger partial charge is 0.344 e. The molecule has 0 atom stereocenters. The van der Waals surface area contributed by atoms with E-state index in [0.717, 1.165) is 16.8 Å². The summed E-state index contributed by atoms with van der Waals surface area (Å²) in [6.45, 7) is 0.942. The Bertz CT molecular complexity index is 614. The summed E-state index contributed by atoms with van der Waals surface area (Å²) in [5.74, 6) is 1.04. The van der Waals surface area contributed by atoms with Gasteiger partial charge in [-0.1, -0.05) is 22.0 Å². The van der Waals surface area contributed by atoms with E-state index in [0.29, 0.717) is 0 Å². The lowest BCUT2D eigenvalue weighted by Gasteiger charge is -2.22. The van der Waals surface area contributed by atoms with Crippen LogP contribution < -0.4 is 4.90 Å². The van der Waals surface area contributed by atoms with E-state index in [1.807, 2.05) is 11.8 Å². The molecule has 1 aliphatic heterocycles. The van der Waals surface area contributed by atoms with Crippen LogP contribution in [0.4, 0.5) is 5.69 Å². The lowest BCUT2D eigenvalue weighted by atomic mass is 10.2. The van der Waals surface area contributed by atoms with Gasteiger partial charge in [0.1, 0.15) is 0 Å². The SMILES string of the molecule is Brc1ccc(N2C=CC(CSc3ccsc3)=CC2)cc1. The average molecular weight is 364 g/mol. The fourth-order valence-corrected chi connectivity index (χ4v) is 3.98. The second-order valence-electron chi connectivity index (χ2n) is 4.47. The Morgan fingerprint density at radius 2 is 2.05 bits per heavy atom. The van der Waals surface area contributed by atoms with Gasteiger partial charge in [-0.3, -0.25) is 0 Å². The van der Waals surface area contributed by atoms with E-state index in [1.165, 1.54) is 16.2 Å². The number of benzene rings is 1. The molecule has 0 radical (unpaired) electrons. The standard InChI is InChI=1S/C16H14BrNS2/c17-14-1-3-15(4-2-14)18-8-5-13(6-9-18)11-20-16-7-10-19-12-16/h1-8,10,12H,9,11H2. The van der Waals surface area contributed by atoms with Gasteiger partial charge in [0, 0.05) is 38.9 Å². The van der Waals surface area contributed by atoms with E-state index in [-0.39, 0.29) is 0 Å². The summed E-state index contributed by atoms with van der Waals surface area (Å²) in [5.41, 5.74) is 2.62. The first-order chi connectivity index (χ1) is 9.81. The van der Waals surface area contributed by atoms with Crippen molar-refractivity contribution in [2.45, 2.75) is 4.90 Å². The molecule has 0 fully saturated rings. The molecule has 0 saturated carbocycles. The van der Waals surface area contributed by atoms with Crippen molar-refractivity contribution in [3.63, 3.8) is 0 Å². The van der Waals surface area contributed by atoms with Crippen LogP contribution in [-0.4, -0.2) is 12.3 Å². The quantitative estimate of drug-likeness (QED) is 0.653. The summed E-state index contributed by atoms with van der Waals surface area (Å²) in [4.78, 5) is 3.62. The zero-order valence-corrected chi connectivity index (χ0v) is 14.0. The normalized spacial score (nSPS) is 14.4. The molecule has 1 aliphatic rings. The molecule has 1 aromatic carbocycles. The first-order valence-electron chi connectivity index (χ1n) is 6.36. The van der Waals surface area contributed by atoms with Crippen molar-refractivity contribution in [1.82, 2.24) is 0 Å². The minimum Gasteiger partial charge on any atom is -0.344 e. The number of thioether (sulfide) groups is 1. The van der Waals surface area contributed by atoms with Crippen molar-refractivity contribution >= 4 is 44.7 Å². The van der Waals surface area contributed by atoms with Gasteiger partial charge in [0.2, 0.25) is 0 Å². The van der Waals surface area contributed by atoms with Crippen molar-refractivity contribution in [3.8, 4) is 0 Å². The van der Waals surface area contributed by atoms with Gasteiger partial charge in [-0.15, -0.1) is 11.8 Å². The Labute approximate surface area is 136 Å². The fourth-order valence-electron chi connectivity index (χ4n) is 1.96. The van der Waals surface area contributed by atoms with Crippen LogP contribution in [-0.2, 0) is 0 Å². The monoisotopic (exact) mass is 363 g/mol. The molecule has 1 aromatic heterocycles. The van der Waals surface area contributed by atoms with E-state index < -0.39 is 0 Å². The maximum Gasteiger partial charge on any atom is 0.0412 e. The molecular formula is C16H14BrNS2. The van der Waals surface area contributed by atoms with Crippen LogP contribution >= 0.6 is 39.0 Å². The maximum absolute atomic E-state index is 3.47. The molecule has 0 saturated heterocycles. The second kappa shape index (κ2) is 6.66. The zero-order valence-electron chi connectivity index (χ0n) is 10.8. The molecule has 20 heavy (non-hydrogen) atoms. The zero-order chi connectivity index (χ0) is 13.8. The Balaban J connectivity index is 1.58. The molecule has 3 rings (SSSR count). The summed E-state index contributed by atoms with van der Waals surface area (Å²) in [6, 6.07) is 10.6. The number of halogens is 1. The highest BCUT2D eigenvalue weighted by atomic mass is 79.9. The van der Waals surface area contributed by atoms with Gasteiger partial charge in [0.25, 0.3) is 0 Å². The molecule has 0 unspecified atom stereocenters. The van der Waals surface area contributed by atoms with Crippen LogP contribution in [0.25, 0.3) is 0 Å². The summed E-state index contributed by atoms with van der Waals surface area (Å²) in [6.07, 6.45) is 6.69. The molecule has 2 aromatic rings. The minimum absolute atomic E-state index is 0.942. The topological polar surface area (TPSA) is 3.24 Å². The number of hydrogen-bond donors (Lipinski definition) is 0. The molecule has 2 heterocycles. The Morgan fingerprint density at radius 1 is 1.20 bits per heavy atom. The number of rotatable bonds is 4. The molecule has 0 aliphatic carbocycles. The van der Waals surface area contributed by atoms with Crippen molar-refractivity contribution < 1.29 is 0 Å². The van der Waals surface area contributed by atoms with Crippen molar-refractivity contribution in [1.29, 1.82) is 0 Å². The van der Waals surface area contributed by atoms with Gasteiger partial charge < -0.3 is 4.90 Å². The maximum atomic E-state index is 3.47. The van der Waals surface area contributed by atoms with Crippen molar-refractivity contribution in [2.75, 3.05) is 17.2 Å². The number of thiophene rings is 1. The third kappa shape index (κ3) is 3.57. The molecule has 4 heteroatoms. The van der Waals surface area contributed by atoms with Crippen LogP contribution in [0.15, 0.2) is 74.4 Å². The Kier molecular flexibility index (Phi) is 4.65. The van der Waals surface area contributed by atoms with Crippen LogP contribution in [0.3, 0.4) is 0 Å². The van der Waals surface area contributed by atoms with Crippen LogP contribution in [0.5, 0.6) is 0 Å². The first-order valence-corrected chi connectivity index (χ1v) is 9.08. The van der Waals surface area contributed by atoms with Crippen LogP contribution in [0, 0.1) is 0 Å². The number of allylic oxidation sites excluding steroid dienone is 1. The van der Waals surface area contributed by atoms with E-state index >= 15 is 0 Å². The second-order valence-corrected chi connectivity index (χ2v) is 7.22. The van der Waals surface area contributed by atoms with Gasteiger partial charge in [-0.25, -0.2) is 0 Å². The average Bonchev–Trinajstić information content (AvgIpc) is 3.00. The molecule has 0 N–H and O–H groups in total. The highest BCUT2D eigenvalue weighted by Gasteiger charge is 2.07. The number of nitrogens with zero attached hydrogens (tertiary/aromatic N) is 1. The van der Waals surface area contributed by atoms with Gasteiger partial charge in [-0.2, -0.15) is 11.3 Å². The summed E-state index contributed by atoms with van der Waals surface area (Å²) < 4.78 is 1.12. The lowest BCUT2D eigenvalue weighted by Crippen LogP contribution is -2.19. The van der Waals surface area contributed by atoms with Crippen molar-refractivity contribution in [3.05, 3.63) is 69.5 Å². The highest BCUT2D eigenvalue weighted by Crippen LogP contribution is 2.26.